The standard InChI is InChI=1S/C17H18N4O8/c1-28-16(26)9-4-8(5-18-6-9)14(25)19-11-2-3-21(17(27)20-11)15-13(24)12(23)10(7-22)29-15/h2-6,10,12-13,15,22-24H,7H2,1H3,(H,19,20,25,27)/t10-,12-,13+,15-/m1/s1. The fraction of sp³-hybridized carbons (Fsp3) is 0.353. The summed E-state index contributed by atoms with van der Waals surface area (Å²) in [5.74, 6) is -1.42. The predicted molar refractivity (Wildman–Crippen MR) is 95.0 cm³/mol. The normalized spacial score (nSPS) is 23.6. The summed E-state index contributed by atoms with van der Waals surface area (Å²) in [6, 6.07) is 2.56. The monoisotopic (exact) mass is 406 g/mol. The lowest BCUT2D eigenvalue weighted by atomic mass is 10.1. The van der Waals surface area contributed by atoms with Gasteiger partial charge < -0.3 is 30.1 Å². The Morgan fingerprint density at radius 2 is 2.00 bits per heavy atom. The molecule has 12 nitrogen and oxygen atoms in total. The van der Waals surface area contributed by atoms with Gasteiger partial charge in [-0.05, 0) is 12.1 Å². The average molecular weight is 406 g/mol. The minimum atomic E-state index is -1.45. The van der Waals surface area contributed by atoms with Crippen LogP contribution in [0.1, 0.15) is 26.9 Å². The number of hydrogen-bond acceptors (Lipinski definition) is 10. The minimum Gasteiger partial charge on any atom is -0.465 e. The Balaban J connectivity index is 1.77. The number of nitrogens with zero attached hydrogens (tertiary/aromatic N) is 3. The van der Waals surface area contributed by atoms with Gasteiger partial charge in [0.25, 0.3) is 5.91 Å². The van der Waals surface area contributed by atoms with Crippen molar-refractivity contribution in [2.24, 2.45) is 0 Å². The van der Waals surface area contributed by atoms with E-state index in [-0.39, 0.29) is 16.9 Å². The molecule has 0 bridgehead atoms. The Kier molecular flexibility index (Phi) is 5.98. The van der Waals surface area contributed by atoms with E-state index in [4.69, 9.17) is 9.84 Å². The summed E-state index contributed by atoms with van der Waals surface area (Å²) in [6.07, 6.45) is -1.42. The average Bonchev–Trinajstić information content (AvgIpc) is 3.01. The first kappa shape index (κ1) is 20.5. The first-order chi connectivity index (χ1) is 13.8. The van der Waals surface area contributed by atoms with Gasteiger partial charge in [0.2, 0.25) is 0 Å². The van der Waals surface area contributed by atoms with E-state index in [1.807, 2.05) is 0 Å². The number of rotatable bonds is 5. The fourth-order valence-corrected chi connectivity index (χ4v) is 2.77. The van der Waals surface area contributed by atoms with Crippen molar-refractivity contribution in [2.75, 3.05) is 19.0 Å². The third kappa shape index (κ3) is 4.14. The number of aromatic nitrogens is 3. The zero-order chi connectivity index (χ0) is 21.1. The maximum Gasteiger partial charge on any atom is 0.351 e. The first-order valence-corrected chi connectivity index (χ1v) is 8.42. The highest BCUT2D eigenvalue weighted by Gasteiger charge is 2.43. The highest BCUT2D eigenvalue weighted by Crippen LogP contribution is 2.28. The van der Waals surface area contributed by atoms with Crippen LogP contribution in [0.3, 0.4) is 0 Å². The van der Waals surface area contributed by atoms with Crippen molar-refractivity contribution < 1.29 is 34.4 Å². The SMILES string of the molecule is COC(=O)c1cncc(C(=O)Nc2ccn([C@@H]3O[C@H](CO)[C@@H](O)[C@@H]3O)c(=O)n2)c1. The van der Waals surface area contributed by atoms with Gasteiger partial charge in [-0.3, -0.25) is 14.3 Å². The molecule has 0 spiro atoms. The Bertz CT molecular complexity index is 978. The number of carbonyl (C=O) groups excluding carboxylic acids is 2. The van der Waals surface area contributed by atoms with Crippen molar-refractivity contribution in [2.45, 2.75) is 24.5 Å². The summed E-state index contributed by atoms with van der Waals surface area (Å²) < 4.78 is 10.8. The van der Waals surface area contributed by atoms with Gasteiger partial charge in [-0.25, -0.2) is 9.59 Å². The number of pyridine rings is 1. The molecule has 1 saturated heterocycles. The second-order valence-corrected chi connectivity index (χ2v) is 6.14. The second-order valence-electron chi connectivity index (χ2n) is 6.14. The van der Waals surface area contributed by atoms with Crippen LogP contribution in [0, 0.1) is 0 Å². The second kappa shape index (κ2) is 8.45. The largest absolute Gasteiger partial charge is 0.465 e. The number of carbonyl (C=O) groups is 2. The lowest BCUT2D eigenvalue weighted by Gasteiger charge is -2.17. The van der Waals surface area contributed by atoms with Crippen molar-refractivity contribution in [3.63, 3.8) is 0 Å². The molecule has 1 aliphatic rings. The molecule has 154 valence electrons. The lowest BCUT2D eigenvalue weighted by molar-refractivity contribution is -0.0549. The maximum atomic E-state index is 12.3. The van der Waals surface area contributed by atoms with Crippen molar-refractivity contribution in [3.05, 3.63) is 52.3 Å². The van der Waals surface area contributed by atoms with Gasteiger partial charge in [-0.1, -0.05) is 0 Å². The van der Waals surface area contributed by atoms with Crippen LogP contribution in [0.25, 0.3) is 0 Å². The quantitative estimate of drug-likeness (QED) is 0.419. The molecule has 0 aliphatic carbocycles. The summed E-state index contributed by atoms with van der Waals surface area (Å²) >= 11 is 0. The Morgan fingerprint density at radius 3 is 2.62 bits per heavy atom. The lowest BCUT2D eigenvalue weighted by Crippen LogP contribution is -2.36. The smallest absolute Gasteiger partial charge is 0.351 e. The van der Waals surface area contributed by atoms with Gasteiger partial charge in [-0.2, -0.15) is 4.98 Å². The summed E-state index contributed by atoms with van der Waals surface area (Å²) in [5, 5.41) is 31.3. The van der Waals surface area contributed by atoms with E-state index in [0.717, 1.165) is 4.57 Å². The summed E-state index contributed by atoms with van der Waals surface area (Å²) in [4.78, 5) is 43.6. The van der Waals surface area contributed by atoms with Gasteiger partial charge in [-0.15, -0.1) is 0 Å². The third-order valence-corrected chi connectivity index (χ3v) is 4.28. The minimum absolute atomic E-state index is 0.0438. The molecular formula is C17H18N4O8. The molecule has 4 atom stereocenters. The molecule has 29 heavy (non-hydrogen) atoms. The topological polar surface area (TPSA) is 173 Å². The predicted octanol–water partition coefficient (Wildman–Crippen LogP) is -1.71. The zero-order valence-corrected chi connectivity index (χ0v) is 15.1. The van der Waals surface area contributed by atoms with Crippen LogP contribution in [0.15, 0.2) is 35.5 Å². The van der Waals surface area contributed by atoms with Crippen LogP contribution >= 0.6 is 0 Å². The summed E-state index contributed by atoms with van der Waals surface area (Å²) in [5.41, 5.74) is -0.741. The number of hydrogen-bond donors (Lipinski definition) is 4. The van der Waals surface area contributed by atoms with Crippen LogP contribution in [0.4, 0.5) is 5.82 Å². The van der Waals surface area contributed by atoms with Crippen LogP contribution < -0.4 is 11.0 Å². The van der Waals surface area contributed by atoms with Crippen LogP contribution in [-0.4, -0.2) is 73.8 Å². The molecule has 0 unspecified atom stereocenters. The number of amides is 1. The van der Waals surface area contributed by atoms with Gasteiger partial charge in [0.1, 0.15) is 24.1 Å². The Labute approximate surface area is 163 Å². The van der Waals surface area contributed by atoms with Gasteiger partial charge in [0.15, 0.2) is 6.23 Å². The highest BCUT2D eigenvalue weighted by molar-refractivity contribution is 6.04. The molecule has 1 aliphatic heterocycles. The van der Waals surface area contributed by atoms with E-state index >= 15 is 0 Å². The fourth-order valence-electron chi connectivity index (χ4n) is 2.77. The molecule has 3 heterocycles. The van der Waals surface area contributed by atoms with Gasteiger partial charge in [0.05, 0.1) is 24.8 Å². The first-order valence-electron chi connectivity index (χ1n) is 8.42. The number of aliphatic hydroxyl groups is 3. The van der Waals surface area contributed by atoms with Crippen LogP contribution in [0.2, 0.25) is 0 Å². The summed E-state index contributed by atoms with van der Waals surface area (Å²) in [6.45, 7) is -0.538. The Morgan fingerprint density at radius 1 is 1.28 bits per heavy atom. The molecule has 1 fully saturated rings. The van der Waals surface area contributed by atoms with E-state index in [9.17, 15) is 24.6 Å². The highest BCUT2D eigenvalue weighted by atomic mass is 16.6. The van der Waals surface area contributed by atoms with E-state index in [0.29, 0.717) is 0 Å². The molecule has 2 aromatic heterocycles. The number of ether oxygens (including phenoxy) is 2. The van der Waals surface area contributed by atoms with E-state index in [1.54, 1.807) is 0 Å². The summed E-state index contributed by atoms with van der Waals surface area (Å²) in [7, 11) is 1.20. The number of nitrogens with one attached hydrogen (secondary N) is 1. The number of esters is 1. The van der Waals surface area contributed by atoms with E-state index in [1.165, 1.54) is 37.8 Å². The van der Waals surface area contributed by atoms with Crippen LogP contribution in [0.5, 0.6) is 0 Å². The van der Waals surface area contributed by atoms with Crippen molar-refractivity contribution in [1.29, 1.82) is 0 Å². The third-order valence-electron chi connectivity index (χ3n) is 4.28. The molecule has 0 saturated carbocycles. The van der Waals surface area contributed by atoms with Crippen LogP contribution in [-0.2, 0) is 9.47 Å². The number of aliphatic hydroxyl groups excluding tert-OH is 3. The van der Waals surface area contributed by atoms with E-state index in [2.05, 4.69) is 20.0 Å². The molecule has 12 heteroatoms. The molecule has 4 N–H and O–H groups in total. The number of methoxy groups -OCH3 is 1. The molecule has 0 radical (unpaired) electrons. The molecular weight excluding hydrogens is 388 g/mol. The number of anilines is 1. The molecule has 2 aromatic rings. The van der Waals surface area contributed by atoms with Gasteiger partial charge in [0, 0.05) is 18.6 Å². The molecule has 3 rings (SSSR count). The van der Waals surface area contributed by atoms with Crippen molar-refractivity contribution in [3.8, 4) is 0 Å². The zero-order valence-electron chi connectivity index (χ0n) is 15.1. The van der Waals surface area contributed by atoms with Crippen molar-refractivity contribution >= 4 is 17.7 Å². The van der Waals surface area contributed by atoms with Crippen molar-refractivity contribution in [1.82, 2.24) is 14.5 Å². The molecule has 1 amide bonds. The molecule has 0 aromatic carbocycles. The maximum absolute atomic E-state index is 12.3. The van der Waals surface area contributed by atoms with Gasteiger partial charge >= 0.3 is 11.7 Å². The Hall–Kier alpha value is -3.19. The van der Waals surface area contributed by atoms with E-state index < -0.39 is 48.7 Å².